The molecular formula is C13H23NO3S2. The maximum Gasteiger partial charge on any atom is 0.232 e. The number of carbonyl (C=O) groups excluding carboxylic acids is 1. The molecule has 0 spiro atoms. The van der Waals surface area contributed by atoms with Crippen LogP contribution in [0, 0.1) is 0 Å². The lowest BCUT2D eigenvalue weighted by molar-refractivity contribution is -0.129. The molecule has 1 aliphatic carbocycles. The molecule has 2 rings (SSSR count). The minimum Gasteiger partial charge on any atom is -0.342 e. The quantitative estimate of drug-likeness (QED) is 0.793. The highest BCUT2D eigenvalue weighted by Crippen LogP contribution is 2.29. The normalized spacial score (nSPS) is 22.9. The molecule has 0 radical (unpaired) electrons. The Morgan fingerprint density at radius 2 is 1.74 bits per heavy atom. The lowest BCUT2D eigenvalue weighted by atomic mass is 10.1. The molecule has 0 aromatic rings. The van der Waals surface area contributed by atoms with Gasteiger partial charge < -0.3 is 4.90 Å². The molecule has 1 aliphatic heterocycles. The van der Waals surface area contributed by atoms with Gasteiger partial charge >= 0.3 is 0 Å². The van der Waals surface area contributed by atoms with Gasteiger partial charge in [0.2, 0.25) is 5.91 Å². The highest BCUT2D eigenvalue weighted by atomic mass is 32.2. The van der Waals surface area contributed by atoms with Crippen molar-refractivity contribution in [2.75, 3.05) is 25.1 Å². The summed E-state index contributed by atoms with van der Waals surface area (Å²) in [5.41, 5.74) is 0. The number of sulfone groups is 1. The van der Waals surface area contributed by atoms with E-state index in [4.69, 9.17) is 0 Å². The van der Waals surface area contributed by atoms with Gasteiger partial charge in [-0.1, -0.05) is 12.8 Å². The van der Waals surface area contributed by atoms with Crippen molar-refractivity contribution < 1.29 is 13.2 Å². The number of thioether (sulfide) groups is 1. The second-order valence-electron chi connectivity index (χ2n) is 5.63. The van der Waals surface area contributed by atoms with Gasteiger partial charge in [-0.2, -0.15) is 0 Å². The van der Waals surface area contributed by atoms with E-state index in [-0.39, 0.29) is 11.2 Å². The molecule has 0 N–H and O–H groups in total. The summed E-state index contributed by atoms with van der Waals surface area (Å²) < 4.78 is 22.9. The van der Waals surface area contributed by atoms with Crippen molar-refractivity contribution in [2.24, 2.45) is 0 Å². The molecule has 0 unspecified atom stereocenters. The average Bonchev–Trinajstić information content (AvgIpc) is 2.88. The maximum absolute atomic E-state index is 12.1. The number of rotatable bonds is 4. The van der Waals surface area contributed by atoms with Gasteiger partial charge in [0.1, 0.15) is 9.84 Å². The van der Waals surface area contributed by atoms with Crippen molar-refractivity contribution in [3.8, 4) is 0 Å². The molecule has 1 saturated heterocycles. The van der Waals surface area contributed by atoms with Crippen LogP contribution in [0.15, 0.2) is 0 Å². The van der Waals surface area contributed by atoms with Crippen LogP contribution in [0.4, 0.5) is 0 Å². The van der Waals surface area contributed by atoms with E-state index in [1.807, 2.05) is 4.90 Å². The van der Waals surface area contributed by atoms with Crippen LogP contribution in [0.5, 0.6) is 0 Å². The lowest BCUT2D eigenvalue weighted by Gasteiger charge is -2.31. The SMILES string of the molecule is CS(=O)(=O)C1CCN(C(=O)CSC2CCCC2)CC1. The summed E-state index contributed by atoms with van der Waals surface area (Å²) in [4.78, 5) is 13.9. The molecule has 0 aromatic heterocycles. The fourth-order valence-electron chi connectivity index (χ4n) is 2.87. The third-order valence-corrected chi connectivity index (χ3v) is 7.18. The highest BCUT2D eigenvalue weighted by Gasteiger charge is 2.29. The zero-order chi connectivity index (χ0) is 13.9. The summed E-state index contributed by atoms with van der Waals surface area (Å²) in [5, 5.41) is 0.413. The standard InChI is InChI=1S/C13H23NO3S2/c1-19(16,17)12-6-8-14(9-7-12)13(15)10-18-11-4-2-3-5-11/h11-12H,2-10H2,1H3. The number of hydrogen-bond acceptors (Lipinski definition) is 4. The van der Waals surface area contributed by atoms with E-state index in [0.29, 0.717) is 36.9 Å². The first-order chi connectivity index (χ1) is 8.97. The molecule has 2 fully saturated rings. The van der Waals surface area contributed by atoms with Gasteiger partial charge in [0.05, 0.1) is 11.0 Å². The Kier molecular flexibility index (Phi) is 5.17. The molecular weight excluding hydrogens is 282 g/mol. The predicted octanol–water partition coefficient (Wildman–Crippen LogP) is 1.70. The Bertz CT molecular complexity index is 408. The van der Waals surface area contributed by atoms with Crippen molar-refractivity contribution in [3.05, 3.63) is 0 Å². The fourth-order valence-corrected chi connectivity index (χ4v) is 5.16. The minimum absolute atomic E-state index is 0.184. The molecule has 0 atom stereocenters. The molecule has 1 heterocycles. The van der Waals surface area contributed by atoms with E-state index in [1.54, 1.807) is 11.8 Å². The molecule has 0 bridgehead atoms. The largest absolute Gasteiger partial charge is 0.342 e. The Labute approximate surface area is 120 Å². The van der Waals surface area contributed by atoms with Crippen LogP contribution in [-0.4, -0.2) is 54.8 Å². The van der Waals surface area contributed by atoms with Crippen molar-refractivity contribution in [3.63, 3.8) is 0 Å². The zero-order valence-electron chi connectivity index (χ0n) is 11.5. The molecule has 2 aliphatic rings. The number of nitrogens with zero attached hydrogens (tertiary/aromatic N) is 1. The van der Waals surface area contributed by atoms with E-state index in [2.05, 4.69) is 0 Å². The molecule has 6 heteroatoms. The summed E-state index contributed by atoms with van der Waals surface area (Å²) >= 11 is 1.78. The molecule has 0 aromatic carbocycles. The summed E-state index contributed by atoms with van der Waals surface area (Å²) in [7, 11) is -2.94. The summed E-state index contributed by atoms with van der Waals surface area (Å²) in [6.45, 7) is 1.20. The topological polar surface area (TPSA) is 54.5 Å². The van der Waals surface area contributed by atoms with E-state index in [1.165, 1.54) is 31.9 Å². The second kappa shape index (κ2) is 6.48. The number of carbonyl (C=O) groups is 1. The Morgan fingerprint density at radius 3 is 2.26 bits per heavy atom. The summed E-state index contributed by atoms with van der Waals surface area (Å²) in [5.74, 6) is 0.748. The van der Waals surface area contributed by atoms with Gasteiger partial charge in [0.15, 0.2) is 0 Å². The van der Waals surface area contributed by atoms with Crippen LogP contribution in [0.25, 0.3) is 0 Å². The number of amides is 1. The maximum atomic E-state index is 12.1. The molecule has 110 valence electrons. The van der Waals surface area contributed by atoms with Crippen LogP contribution >= 0.6 is 11.8 Å². The van der Waals surface area contributed by atoms with E-state index in [9.17, 15) is 13.2 Å². The van der Waals surface area contributed by atoms with Gasteiger partial charge in [0, 0.05) is 24.6 Å². The van der Waals surface area contributed by atoms with Gasteiger partial charge in [-0.15, -0.1) is 11.8 Å². The Morgan fingerprint density at radius 1 is 1.16 bits per heavy atom. The number of piperidine rings is 1. The molecule has 1 amide bonds. The van der Waals surface area contributed by atoms with E-state index in [0.717, 1.165) is 0 Å². The van der Waals surface area contributed by atoms with E-state index < -0.39 is 9.84 Å². The Balaban J connectivity index is 1.73. The highest BCUT2D eigenvalue weighted by molar-refractivity contribution is 8.00. The van der Waals surface area contributed by atoms with Crippen molar-refractivity contribution in [1.29, 1.82) is 0 Å². The number of hydrogen-bond donors (Lipinski definition) is 0. The first-order valence-corrected chi connectivity index (χ1v) is 10.1. The van der Waals surface area contributed by atoms with Crippen molar-refractivity contribution >= 4 is 27.5 Å². The smallest absolute Gasteiger partial charge is 0.232 e. The van der Waals surface area contributed by atoms with Crippen LogP contribution in [-0.2, 0) is 14.6 Å². The first-order valence-electron chi connectivity index (χ1n) is 7.05. The molecule has 19 heavy (non-hydrogen) atoms. The van der Waals surface area contributed by atoms with Crippen LogP contribution in [0.1, 0.15) is 38.5 Å². The van der Waals surface area contributed by atoms with Crippen LogP contribution in [0.3, 0.4) is 0 Å². The van der Waals surface area contributed by atoms with Gasteiger partial charge in [-0.25, -0.2) is 8.42 Å². The average molecular weight is 305 g/mol. The third-order valence-electron chi connectivity index (χ3n) is 4.14. The lowest BCUT2D eigenvalue weighted by Crippen LogP contribution is -2.43. The van der Waals surface area contributed by atoms with Crippen molar-refractivity contribution in [2.45, 2.75) is 49.0 Å². The minimum atomic E-state index is -2.94. The summed E-state index contributed by atoms with van der Waals surface area (Å²) in [6.07, 6.45) is 7.57. The van der Waals surface area contributed by atoms with Crippen LogP contribution < -0.4 is 0 Å². The predicted molar refractivity (Wildman–Crippen MR) is 79.2 cm³/mol. The third kappa shape index (κ3) is 4.38. The first kappa shape index (κ1) is 15.2. The molecule has 4 nitrogen and oxygen atoms in total. The Hall–Kier alpha value is -0.230. The van der Waals surface area contributed by atoms with E-state index >= 15 is 0 Å². The fraction of sp³-hybridized carbons (Fsp3) is 0.923. The second-order valence-corrected chi connectivity index (χ2v) is 9.24. The monoisotopic (exact) mass is 305 g/mol. The molecule has 1 saturated carbocycles. The zero-order valence-corrected chi connectivity index (χ0v) is 13.1. The summed E-state index contributed by atoms with van der Waals surface area (Å²) in [6, 6.07) is 0. The van der Waals surface area contributed by atoms with Gasteiger partial charge in [-0.3, -0.25) is 4.79 Å². The van der Waals surface area contributed by atoms with Crippen LogP contribution in [0.2, 0.25) is 0 Å². The van der Waals surface area contributed by atoms with Crippen molar-refractivity contribution in [1.82, 2.24) is 4.90 Å². The van der Waals surface area contributed by atoms with Gasteiger partial charge in [-0.05, 0) is 25.7 Å². The number of likely N-dealkylation sites (tertiary alicyclic amines) is 1. The van der Waals surface area contributed by atoms with Gasteiger partial charge in [0.25, 0.3) is 0 Å².